The molecule has 1 aliphatic heterocycles. The van der Waals surface area contributed by atoms with E-state index in [0.717, 1.165) is 13.1 Å². The van der Waals surface area contributed by atoms with Crippen LogP contribution in [0.4, 0.5) is 0 Å². The standard InChI is InChI=1S/C15H23ClN2O3S/c1-12-9-18(10-13(2)21-12)8-7-17-22(19,20)11-14-5-3-4-6-15(14)16/h3-6,12-13,17H,7-11H2,1-2H3/t12-,13-/m1/s1. The fourth-order valence-corrected chi connectivity index (χ4v) is 4.14. The first-order chi connectivity index (χ1) is 10.4. The molecule has 1 fully saturated rings. The van der Waals surface area contributed by atoms with Crippen LogP contribution in [0.25, 0.3) is 0 Å². The van der Waals surface area contributed by atoms with Crippen LogP contribution >= 0.6 is 11.6 Å². The Bertz CT molecular complexity index is 584. The molecule has 1 aliphatic rings. The van der Waals surface area contributed by atoms with Crippen molar-refractivity contribution in [3.05, 3.63) is 34.9 Å². The first-order valence-electron chi connectivity index (χ1n) is 7.44. The number of rotatable bonds is 6. The number of nitrogens with zero attached hydrogens (tertiary/aromatic N) is 1. The maximum atomic E-state index is 12.1. The third-order valence-electron chi connectivity index (χ3n) is 3.55. The Hall–Kier alpha value is -0.660. The SMILES string of the molecule is C[C@@H]1CN(CCNS(=O)(=O)Cc2ccccc2Cl)C[C@@H](C)O1. The van der Waals surface area contributed by atoms with Crippen molar-refractivity contribution in [2.45, 2.75) is 31.8 Å². The van der Waals surface area contributed by atoms with Gasteiger partial charge in [-0.3, -0.25) is 4.90 Å². The molecule has 124 valence electrons. The number of ether oxygens (including phenoxy) is 1. The van der Waals surface area contributed by atoms with Crippen molar-refractivity contribution in [1.82, 2.24) is 9.62 Å². The van der Waals surface area contributed by atoms with Crippen molar-refractivity contribution in [3.8, 4) is 0 Å². The fraction of sp³-hybridized carbons (Fsp3) is 0.600. The van der Waals surface area contributed by atoms with Gasteiger partial charge in [-0.15, -0.1) is 0 Å². The van der Waals surface area contributed by atoms with Gasteiger partial charge in [-0.1, -0.05) is 29.8 Å². The molecule has 2 atom stereocenters. The lowest BCUT2D eigenvalue weighted by molar-refractivity contribution is -0.0671. The maximum Gasteiger partial charge on any atom is 0.215 e. The Labute approximate surface area is 137 Å². The van der Waals surface area contributed by atoms with Gasteiger partial charge in [-0.2, -0.15) is 0 Å². The molecular formula is C15H23ClN2O3S. The summed E-state index contributed by atoms with van der Waals surface area (Å²) in [6.07, 6.45) is 0.368. The number of hydrogen-bond donors (Lipinski definition) is 1. The van der Waals surface area contributed by atoms with Crippen LogP contribution < -0.4 is 4.72 Å². The molecule has 0 unspecified atom stereocenters. The molecule has 0 amide bonds. The summed E-state index contributed by atoms with van der Waals surface area (Å²) in [7, 11) is -3.38. The Morgan fingerprint density at radius 1 is 1.27 bits per heavy atom. The molecule has 1 aromatic carbocycles. The van der Waals surface area contributed by atoms with Crippen LogP contribution in [0.3, 0.4) is 0 Å². The number of hydrogen-bond acceptors (Lipinski definition) is 4. The highest BCUT2D eigenvalue weighted by Gasteiger charge is 2.22. The van der Waals surface area contributed by atoms with Crippen LogP contribution in [0.1, 0.15) is 19.4 Å². The summed E-state index contributed by atoms with van der Waals surface area (Å²) < 4.78 is 32.5. The minimum absolute atomic E-state index is 0.0947. The normalized spacial score (nSPS) is 23.6. The molecule has 0 radical (unpaired) electrons. The van der Waals surface area contributed by atoms with E-state index in [1.165, 1.54) is 0 Å². The summed E-state index contributed by atoms with van der Waals surface area (Å²) in [4.78, 5) is 2.22. The highest BCUT2D eigenvalue weighted by atomic mass is 35.5. The predicted octanol–water partition coefficient (Wildman–Crippen LogP) is 1.87. The second kappa shape index (κ2) is 7.75. The van der Waals surface area contributed by atoms with Gasteiger partial charge in [0.25, 0.3) is 0 Å². The zero-order chi connectivity index (χ0) is 16.2. The van der Waals surface area contributed by atoms with Crippen molar-refractivity contribution in [2.75, 3.05) is 26.2 Å². The predicted molar refractivity (Wildman–Crippen MR) is 88.5 cm³/mol. The molecule has 7 heteroatoms. The molecule has 1 N–H and O–H groups in total. The monoisotopic (exact) mass is 346 g/mol. The molecule has 0 aliphatic carbocycles. The second-order valence-corrected chi connectivity index (χ2v) is 7.98. The van der Waals surface area contributed by atoms with Crippen molar-refractivity contribution in [3.63, 3.8) is 0 Å². The molecule has 0 spiro atoms. The van der Waals surface area contributed by atoms with Crippen molar-refractivity contribution < 1.29 is 13.2 Å². The van der Waals surface area contributed by atoms with E-state index in [9.17, 15) is 8.42 Å². The van der Waals surface area contributed by atoms with Crippen LogP contribution in [-0.2, 0) is 20.5 Å². The van der Waals surface area contributed by atoms with Crippen molar-refractivity contribution >= 4 is 21.6 Å². The maximum absolute atomic E-state index is 12.1. The topological polar surface area (TPSA) is 58.6 Å². The van der Waals surface area contributed by atoms with Crippen LogP contribution in [0, 0.1) is 0 Å². The number of morpholine rings is 1. The molecular weight excluding hydrogens is 324 g/mol. The van der Waals surface area contributed by atoms with E-state index in [1.807, 2.05) is 13.8 Å². The summed E-state index contributed by atoms with van der Waals surface area (Å²) >= 11 is 6.00. The van der Waals surface area contributed by atoms with E-state index >= 15 is 0 Å². The second-order valence-electron chi connectivity index (χ2n) is 5.76. The van der Waals surface area contributed by atoms with Gasteiger partial charge in [0.1, 0.15) is 0 Å². The molecule has 5 nitrogen and oxygen atoms in total. The van der Waals surface area contributed by atoms with E-state index in [-0.39, 0.29) is 18.0 Å². The molecule has 22 heavy (non-hydrogen) atoms. The largest absolute Gasteiger partial charge is 0.373 e. The minimum Gasteiger partial charge on any atom is -0.373 e. The lowest BCUT2D eigenvalue weighted by atomic mass is 10.2. The van der Waals surface area contributed by atoms with Crippen molar-refractivity contribution in [2.24, 2.45) is 0 Å². The molecule has 0 saturated carbocycles. The number of halogens is 1. The number of sulfonamides is 1. The van der Waals surface area contributed by atoms with E-state index in [4.69, 9.17) is 16.3 Å². The lowest BCUT2D eigenvalue weighted by Crippen LogP contribution is -2.47. The van der Waals surface area contributed by atoms with Crippen LogP contribution in [0.2, 0.25) is 5.02 Å². The zero-order valence-corrected chi connectivity index (χ0v) is 14.5. The highest BCUT2D eigenvalue weighted by Crippen LogP contribution is 2.17. The first kappa shape index (κ1) is 17.7. The molecule has 1 aromatic rings. The van der Waals surface area contributed by atoms with Crippen LogP contribution in [0.5, 0.6) is 0 Å². The molecule has 1 heterocycles. The van der Waals surface area contributed by atoms with Gasteiger partial charge in [0.2, 0.25) is 10.0 Å². The summed E-state index contributed by atoms with van der Waals surface area (Å²) in [6, 6.07) is 7.00. The molecule has 0 bridgehead atoms. The third kappa shape index (κ3) is 5.52. The Balaban J connectivity index is 1.82. The Kier molecular flexibility index (Phi) is 6.23. The van der Waals surface area contributed by atoms with E-state index in [1.54, 1.807) is 24.3 Å². The lowest BCUT2D eigenvalue weighted by Gasteiger charge is -2.35. The summed E-state index contributed by atoms with van der Waals surface area (Å²) in [5, 5.41) is 0.476. The molecule has 2 rings (SSSR count). The number of nitrogens with one attached hydrogen (secondary N) is 1. The van der Waals surface area contributed by atoms with Crippen LogP contribution in [0.15, 0.2) is 24.3 Å². The Morgan fingerprint density at radius 2 is 1.91 bits per heavy atom. The summed E-state index contributed by atoms with van der Waals surface area (Å²) in [5.41, 5.74) is 0.616. The van der Waals surface area contributed by atoms with Gasteiger partial charge >= 0.3 is 0 Å². The third-order valence-corrected chi connectivity index (χ3v) is 5.25. The Morgan fingerprint density at radius 3 is 2.55 bits per heavy atom. The molecule has 1 saturated heterocycles. The van der Waals surface area contributed by atoms with Gasteiger partial charge in [-0.05, 0) is 25.5 Å². The molecule has 0 aromatic heterocycles. The van der Waals surface area contributed by atoms with Crippen molar-refractivity contribution in [1.29, 1.82) is 0 Å². The van der Waals surface area contributed by atoms with E-state index in [2.05, 4.69) is 9.62 Å². The summed E-state index contributed by atoms with van der Waals surface area (Å²) in [5.74, 6) is -0.0947. The van der Waals surface area contributed by atoms with E-state index < -0.39 is 10.0 Å². The average Bonchev–Trinajstić information content (AvgIpc) is 2.40. The van der Waals surface area contributed by atoms with Gasteiger partial charge in [0.05, 0.1) is 18.0 Å². The number of benzene rings is 1. The van der Waals surface area contributed by atoms with Crippen LogP contribution in [-0.4, -0.2) is 51.7 Å². The smallest absolute Gasteiger partial charge is 0.215 e. The quantitative estimate of drug-likeness (QED) is 0.854. The highest BCUT2D eigenvalue weighted by molar-refractivity contribution is 7.88. The van der Waals surface area contributed by atoms with E-state index in [0.29, 0.717) is 23.7 Å². The first-order valence-corrected chi connectivity index (χ1v) is 9.47. The zero-order valence-electron chi connectivity index (χ0n) is 13.0. The van der Waals surface area contributed by atoms with Gasteiger partial charge in [0.15, 0.2) is 0 Å². The summed E-state index contributed by atoms with van der Waals surface area (Å²) in [6.45, 7) is 6.80. The van der Waals surface area contributed by atoms with Gasteiger partial charge < -0.3 is 4.74 Å². The average molecular weight is 347 g/mol. The van der Waals surface area contributed by atoms with Gasteiger partial charge in [-0.25, -0.2) is 13.1 Å². The minimum atomic E-state index is -3.38. The fourth-order valence-electron chi connectivity index (χ4n) is 2.70. The van der Waals surface area contributed by atoms with Gasteiger partial charge in [0, 0.05) is 31.2 Å².